The lowest BCUT2D eigenvalue weighted by atomic mass is 10.2. The molecule has 0 aliphatic heterocycles. The number of carbonyl (C=O) groups excluding carboxylic acids is 2. The molecule has 0 spiro atoms. The summed E-state index contributed by atoms with van der Waals surface area (Å²) in [5.41, 5.74) is 3.14. The van der Waals surface area contributed by atoms with E-state index < -0.39 is 12.1 Å². The van der Waals surface area contributed by atoms with Crippen LogP contribution in [0.4, 0.5) is 10.5 Å². The number of urea groups is 1. The summed E-state index contributed by atoms with van der Waals surface area (Å²) in [6, 6.07) is 6.19. The van der Waals surface area contributed by atoms with Gasteiger partial charge in [-0.3, -0.25) is 4.79 Å². The smallest absolute Gasteiger partial charge is 0.339 e. The van der Waals surface area contributed by atoms with E-state index in [0.29, 0.717) is 17.9 Å². The summed E-state index contributed by atoms with van der Waals surface area (Å²) in [6.45, 7) is 3.77. The molecule has 2 aromatic rings. The van der Waals surface area contributed by atoms with Crippen molar-refractivity contribution in [1.29, 1.82) is 0 Å². The van der Waals surface area contributed by atoms with Gasteiger partial charge < -0.3 is 10.6 Å². The molecule has 3 amide bonds. The predicted molar refractivity (Wildman–Crippen MR) is 96.4 cm³/mol. The molecule has 0 saturated carbocycles. The number of nitrogens with zero attached hydrogens (tertiary/aromatic N) is 4. The van der Waals surface area contributed by atoms with Gasteiger partial charge in [0.2, 0.25) is 5.91 Å². The Morgan fingerprint density at radius 1 is 1.28 bits per heavy atom. The standard InChI is InChI=1S/C15H20BrN7O2/c1-3-4-5-13(24)17-10(2)14-19-21-22-23(14)20-15(25)18-12-8-6-11(16)7-9-12/h6-10H,3-5H2,1-2H3,(H,17,24)(H2,18,20,25)/t10-/m0/s1. The molecule has 0 fully saturated rings. The van der Waals surface area contributed by atoms with Gasteiger partial charge in [-0.15, -0.1) is 9.89 Å². The molecule has 25 heavy (non-hydrogen) atoms. The lowest BCUT2D eigenvalue weighted by molar-refractivity contribution is -0.121. The number of hydrogen-bond acceptors (Lipinski definition) is 5. The normalized spacial score (nSPS) is 11.6. The van der Waals surface area contributed by atoms with Gasteiger partial charge in [-0.2, -0.15) is 0 Å². The summed E-state index contributed by atoms with van der Waals surface area (Å²) in [7, 11) is 0. The first kappa shape index (κ1) is 18.8. The van der Waals surface area contributed by atoms with E-state index in [2.05, 4.69) is 47.5 Å². The third kappa shape index (κ3) is 5.82. The topological polar surface area (TPSA) is 114 Å². The average Bonchev–Trinajstić information content (AvgIpc) is 3.03. The maximum Gasteiger partial charge on any atom is 0.339 e. The number of tetrazole rings is 1. The Bertz CT molecular complexity index is 717. The number of hydrogen-bond donors (Lipinski definition) is 3. The van der Waals surface area contributed by atoms with Crippen molar-refractivity contribution < 1.29 is 9.59 Å². The summed E-state index contributed by atoms with van der Waals surface area (Å²) in [6.07, 6.45) is 2.20. The molecule has 1 heterocycles. The molecule has 0 unspecified atom stereocenters. The summed E-state index contributed by atoms with van der Waals surface area (Å²) < 4.78 is 0.911. The molecule has 1 aromatic carbocycles. The van der Waals surface area contributed by atoms with Crippen LogP contribution < -0.4 is 16.1 Å². The first-order chi connectivity index (χ1) is 12.0. The van der Waals surface area contributed by atoms with E-state index >= 15 is 0 Å². The highest BCUT2D eigenvalue weighted by atomic mass is 79.9. The number of anilines is 1. The van der Waals surface area contributed by atoms with Crippen LogP contribution in [0.2, 0.25) is 0 Å². The third-order valence-electron chi connectivity index (χ3n) is 3.33. The van der Waals surface area contributed by atoms with E-state index in [9.17, 15) is 9.59 Å². The Morgan fingerprint density at radius 3 is 2.68 bits per heavy atom. The van der Waals surface area contributed by atoms with Crippen molar-refractivity contribution in [2.45, 2.75) is 39.2 Å². The summed E-state index contributed by atoms with van der Waals surface area (Å²) >= 11 is 3.33. The van der Waals surface area contributed by atoms with Crippen molar-refractivity contribution >= 4 is 33.6 Å². The molecule has 0 radical (unpaired) electrons. The number of halogens is 1. The SMILES string of the molecule is CCCCC(=O)N[C@@H](C)c1nnnn1NC(=O)Nc1ccc(Br)cc1. The van der Waals surface area contributed by atoms with Gasteiger partial charge in [-0.05, 0) is 48.0 Å². The van der Waals surface area contributed by atoms with Gasteiger partial charge in [-0.1, -0.05) is 29.3 Å². The molecular weight excluding hydrogens is 390 g/mol. The summed E-state index contributed by atoms with van der Waals surface area (Å²) in [5, 5.41) is 16.6. The van der Waals surface area contributed by atoms with Crippen LogP contribution >= 0.6 is 15.9 Å². The van der Waals surface area contributed by atoms with Crippen molar-refractivity contribution in [1.82, 2.24) is 25.6 Å². The molecular formula is C15H20BrN7O2. The molecule has 0 bridgehead atoms. The van der Waals surface area contributed by atoms with Crippen molar-refractivity contribution in [3.8, 4) is 0 Å². The minimum absolute atomic E-state index is 0.0804. The van der Waals surface area contributed by atoms with E-state index in [1.54, 1.807) is 19.1 Å². The second-order valence-electron chi connectivity index (χ2n) is 5.41. The molecule has 1 atom stereocenters. The molecule has 2 rings (SSSR count). The minimum Gasteiger partial charge on any atom is -0.346 e. The first-order valence-corrected chi connectivity index (χ1v) is 8.70. The third-order valence-corrected chi connectivity index (χ3v) is 3.85. The van der Waals surface area contributed by atoms with Crippen molar-refractivity contribution in [3.05, 3.63) is 34.6 Å². The largest absolute Gasteiger partial charge is 0.346 e. The van der Waals surface area contributed by atoms with Gasteiger partial charge in [0.1, 0.15) is 0 Å². The fourth-order valence-corrected chi connectivity index (χ4v) is 2.31. The monoisotopic (exact) mass is 409 g/mol. The molecule has 9 nitrogen and oxygen atoms in total. The Morgan fingerprint density at radius 2 is 2.00 bits per heavy atom. The fraction of sp³-hybridized carbons (Fsp3) is 0.400. The fourth-order valence-electron chi connectivity index (χ4n) is 2.05. The van der Waals surface area contributed by atoms with E-state index in [-0.39, 0.29) is 5.91 Å². The number of amides is 3. The Hall–Kier alpha value is -2.49. The van der Waals surface area contributed by atoms with Gasteiger partial charge >= 0.3 is 6.03 Å². The van der Waals surface area contributed by atoms with Crippen LogP contribution in [0.5, 0.6) is 0 Å². The lowest BCUT2D eigenvalue weighted by Crippen LogP contribution is -2.34. The second kappa shape index (κ2) is 9.11. The zero-order chi connectivity index (χ0) is 18.2. The number of carbonyl (C=O) groups is 2. The highest BCUT2D eigenvalue weighted by Gasteiger charge is 2.18. The summed E-state index contributed by atoms with van der Waals surface area (Å²) in [4.78, 5) is 25.0. The quantitative estimate of drug-likeness (QED) is 0.649. The highest BCUT2D eigenvalue weighted by molar-refractivity contribution is 9.10. The average molecular weight is 410 g/mol. The van der Waals surface area contributed by atoms with E-state index in [1.165, 1.54) is 0 Å². The van der Waals surface area contributed by atoms with Crippen LogP contribution in [-0.2, 0) is 4.79 Å². The second-order valence-corrected chi connectivity index (χ2v) is 6.33. The Kier molecular flexibility index (Phi) is 6.87. The molecule has 0 aliphatic carbocycles. The lowest BCUT2D eigenvalue weighted by Gasteiger charge is -2.14. The predicted octanol–water partition coefficient (Wildman–Crippen LogP) is 2.58. The van der Waals surface area contributed by atoms with E-state index in [0.717, 1.165) is 22.1 Å². The van der Waals surface area contributed by atoms with Gasteiger partial charge in [0.25, 0.3) is 0 Å². The molecule has 10 heteroatoms. The zero-order valence-corrected chi connectivity index (χ0v) is 15.6. The van der Waals surface area contributed by atoms with Crippen LogP contribution in [0.15, 0.2) is 28.7 Å². The Labute approximate surface area is 153 Å². The number of nitrogens with one attached hydrogen (secondary N) is 3. The van der Waals surface area contributed by atoms with Crippen LogP contribution in [0.25, 0.3) is 0 Å². The van der Waals surface area contributed by atoms with Gasteiger partial charge in [0.15, 0.2) is 5.82 Å². The molecule has 1 aromatic heterocycles. The maximum absolute atomic E-state index is 12.1. The van der Waals surface area contributed by atoms with Gasteiger partial charge in [-0.25, -0.2) is 10.2 Å². The number of benzene rings is 1. The number of rotatable bonds is 7. The number of aromatic nitrogens is 4. The van der Waals surface area contributed by atoms with E-state index in [4.69, 9.17) is 0 Å². The van der Waals surface area contributed by atoms with Crippen molar-refractivity contribution in [3.63, 3.8) is 0 Å². The summed E-state index contributed by atoms with van der Waals surface area (Å²) in [5.74, 6) is 0.249. The Balaban J connectivity index is 1.94. The molecule has 0 saturated heterocycles. The van der Waals surface area contributed by atoms with Crippen LogP contribution in [0, 0.1) is 0 Å². The van der Waals surface area contributed by atoms with Gasteiger partial charge in [0, 0.05) is 16.6 Å². The number of unbranched alkanes of at least 4 members (excludes halogenated alkanes) is 1. The van der Waals surface area contributed by atoms with Crippen molar-refractivity contribution in [2.24, 2.45) is 0 Å². The zero-order valence-electron chi connectivity index (χ0n) is 14.0. The highest BCUT2D eigenvalue weighted by Crippen LogP contribution is 2.14. The van der Waals surface area contributed by atoms with Gasteiger partial charge in [0.05, 0.1) is 6.04 Å². The maximum atomic E-state index is 12.1. The first-order valence-electron chi connectivity index (χ1n) is 7.90. The van der Waals surface area contributed by atoms with E-state index in [1.807, 2.05) is 19.1 Å². The van der Waals surface area contributed by atoms with Crippen molar-refractivity contribution in [2.75, 3.05) is 10.7 Å². The van der Waals surface area contributed by atoms with Crippen LogP contribution in [0.1, 0.15) is 45.0 Å². The minimum atomic E-state index is -0.500. The van der Waals surface area contributed by atoms with Crippen LogP contribution in [-0.4, -0.2) is 32.3 Å². The molecule has 3 N–H and O–H groups in total. The molecule has 0 aliphatic rings. The van der Waals surface area contributed by atoms with Crippen LogP contribution in [0.3, 0.4) is 0 Å². The molecule has 134 valence electrons.